The van der Waals surface area contributed by atoms with Gasteiger partial charge in [0.15, 0.2) is 0 Å². The number of aliphatic hydroxyl groups excluding tert-OH is 1. The molecule has 3 N–H and O–H groups in total. The Hall–Kier alpha value is -0.900. The van der Waals surface area contributed by atoms with E-state index in [9.17, 15) is 0 Å². The van der Waals surface area contributed by atoms with Crippen LogP contribution in [0.4, 0.5) is 0 Å². The first kappa shape index (κ1) is 13.1. The second-order valence-electron chi connectivity index (χ2n) is 2.70. The van der Waals surface area contributed by atoms with E-state index in [4.69, 9.17) is 10.3 Å². The van der Waals surface area contributed by atoms with Crippen molar-refractivity contribution in [3.63, 3.8) is 0 Å². The van der Waals surface area contributed by atoms with Gasteiger partial charge in [-0.15, -0.1) is 0 Å². The minimum absolute atomic E-state index is 0.0641. The van der Waals surface area contributed by atoms with Gasteiger partial charge in [-0.05, 0) is 12.0 Å². The third-order valence-electron chi connectivity index (χ3n) is 1.73. The molecule has 14 heavy (non-hydrogen) atoms. The molecule has 0 aliphatic carbocycles. The zero-order valence-corrected chi connectivity index (χ0v) is 8.77. The van der Waals surface area contributed by atoms with Crippen LogP contribution >= 0.6 is 0 Å². The third kappa shape index (κ3) is 4.97. The van der Waals surface area contributed by atoms with Gasteiger partial charge in [-0.2, -0.15) is 5.48 Å². The van der Waals surface area contributed by atoms with Gasteiger partial charge < -0.3 is 10.3 Å². The van der Waals surface area contributed by atoms with Gasteiger partial charge in [0.2, 0.25) is 0 Å². The molecule has 1 rings (SSSR count). The molecule has 1 aromatic rings. The number of nitrogens with one attached hydrogen (secondary N) is 1. The molecule has 3 heteroatoms. The van der Waals surface area contributed by atoms with Crippen LogP contribution < -0.4 is 5.48 Å². The maximum absolute atomic E-state index is 8.76. The van der Waals surface area contributed by atoms with Crippen molar-refractivity contribution < 1.29 is 10.3 Å². The molecule has 0 aliphatic rings. The van der Waals surface area contributed by atoms with Gasteiger partial charge in [0.05, 0.1) is 12.6 Å². The average molecular weight is 197 g/mol. The van der Waals surface area contributed by atoms with Crippen molar-refractivity contribution in [1.82, 2.24) is 5.48 Å². The predicted octanol–water partition coefficient (Wildman–Crippen LogP) is 1.59. The highest BCUT2D eigenvalue weighted by Gasteiger charge is 2.05. The molecule has 0 radical (unpaired) electrons. The van der Waals surface area contributed by atoms with Gasteiger partial charge in [-0.25, -0.2) is 0 Å². The van der Waals surface area contributed by atoms with Crippen molar-refractivity contribution in [2.45, 2.75) is 26.3 Å². The quantitative estimate of drug-likeness (QED) is 0.642. The fourth-order valence-corrected chi connectivity index (χ4v) is 1.05. The minimum Gasteiger partial charge on any atom is -0.395 e. The lowest BCUT2D eigenvalue weighted by Crippen LogP contribution is -2.31. The lowest BCUT2D eigenvalue weighted by molar-refractivity contribution is 0.0905. The van der Waals surface area contributed by atoms with E-state index in [1.165, 1.54) is 0 Å². The molecule has 3 nitrogen and oxygen atoms in total. The first-order chi connectivity index (χ1) is 6.86. The molecule has 0 aliphatic heterocycles. The summed E-state index contributed by atoms with van der Waals surface area (Å²) in [7, 11) is 0. The highest BCUT2D eigenvalue weighted by molar-refractivity contribution is 5.15. The van der Waals surface area contributed by atoms with Crippen LogP contribution in [0.15, 0.2) is 30.3 Å². The molecule has 0 aromatic heterocycles. The SMILES string of the molecule is CC.OC[C@H](Cc1ccccc1)NO. The van der Waals surface area contributed by atoms with Gasteiger partial charge >= 0.3 is 0 Å². The Morgan fingerprint density at radius 3 is 2.21 bits per heavy atom. The number of aliphatic hydroxyl groups is 1. The van der Waals surface area contributed by atoms with Crippen LogP contribution in [0.3, 0.4) is 0 Å². The van der Waals surface area contributed by atoms with Crippen molar-refractivity contribution in [2.75, 3.05) is 6.61 Å². The molecule has 0 bridgehead atoms. The minimum atomic E-state index is -0.271. The summed E-state index contributed by atoms with van der Waals surface area (Å²) in [5.41, 5.74) is 3.15. The summed E-state index contributed by atoms with van der Waals surface area (Å²) in [5.74, 6) is 0. The maximum Gasteiger partial charge on any atom is 0.0610 e. The Balaban J connectivity index is 0.000000791. The van der Waals surface area contributed by atoms with Crippen LogP contribution in [0.1, 0.15) is 19.4 Å². The number of hydrogen-bond acceptors (Lipinski definition) is 3. The van der Waals surface area contributed by atoms with Gasteiger partial charge in [-0.3, -0.25) is 0 Å². The van der Waals surface area contributed by atoms with Crippen molar-refractivity contribution in [2.24, 2.45) is 0 Å². The van der Waals surface area contributed by atoms with Gasteiger partial charge in [-0.1, -0.05) is 44.2 Å². The summed E-state index contributed by atoms with van der Waals surface area (Å²) in [6, 6.07) is 9.44. The van der Waals surface area contributed by atoms with E-state index in [0.29, 0.717) is 6.42 Å². The average Bonchev–Trinajstić information content (AvgIpc) is 2.30. The molecule has 80 valence electrons. The van der Waals surface area contributed by atoms with Crippen LogP contribution in [0.2, 0.25) is 0 Å². The zero-order chi connectivity index (χ0) is 10.8. The summed E-state index contributed by atoms with van der Waals surface area (Å²) in [4.78, 5) is 0. The van der Waals surface area contributed by atoms with Crippen LogP contribution in [-0.4, -0.2) is 23.0 Å². The van der Waals surface area contributed by atoms with Crippen molar-refractivity contribution in [3.8, 4) is 0 Å². The van der Waals surface area contributed by atoms with Gasteiger partial charge in [0.25, 0.3) is 0 Å². The van der Waals surface area contributed by atoms with Crippen molar-refractivity contribution >= 4 is 0 Å². The number of rotatable bonds is 4. The van der Waals surface area contributed by atoms with Gasteiger partial charge in [0, 0.05) is 0 Å². The molecule has 0 amide bonds. The molecule has 0 fully saturated rings. The van der Waals surface area contributed by atoms with Crippen LogP contribution in [0.25, 0.3) is 0 Å². The number of benzene rings is 1. The predicted molar refractivity (Wildman–Crippen MR) is 57.3 cm³/mol. The first-order valence-electron chi connectivity index (χ1n) is 4.91. The summed E-state index contributed by atoms with van der Waals surface area (Å²) in [6.07, 6.45) is 0.633. The van der Waals surface area contributed by atoms with E-state index in [0.717, 1.165) is 5.56 Å². The molecule has 0 saturated carbocycles. The molecule has 1 aromatic carbocycles. The van der Waals surface area contributed by atoms with Gasteiger partial charge in [0.1, 0.15) is 0 Å². The summed E-state index contributed by atoms with van der Waals surface area (Å²) in [6.45, 7) is 3.94. The van der Waals surface area contributed by atoms with E-state index in [2.05, 4.69) is 5.48 Å². The van der Waals surface area contributed by atoms with E-state index in [1.807, 2.05) is 44.2 Å². The third-order valence-corrected chi connectivity index (χ3v) is 1.73. The summed E-state index contributed by atoms with van der Waals surface area (Å²) < 4.78 is 0. The van der Waals surface area contributed by atoms with E-state index in [1.54, 1.807) is 0 Å². The molecule has 0 spiro atoms. The first-order valence-corrected chi connectivity index (χ1v) is 4.91. The lowest BCUT2D eigenvalue weighted by Gasteiger charge is -2.10. The fraction of sp³-hybridized carbons (Fsp3) is 0.455. The maximum atomic E-state index is 8.76. The van der Waals surface area contributed by atoms with Crippen molar-refractivity contribution in [1.29, 1.82) is 0 Å². The molecular formula is C11H19NO2. The van der Waals surface area contributed by atoms with E-state index in [-0.39, 0.29) is 12.6 Å². The van der Waals surface area contributed by atoms with Crippen molar-refractivity contribution in [3.05, 3.63) is 35.9 Å². The highest BCUT2D eigenvalue weighted by Crippen LogP contribution is 2.01. The smallest absolute Gasteiger partial charge is 0.0610 e. The summed E-state index contributed by atoms with van der Waals surface area (Å²) >= 11 is 0. The largest absolute Gasteiger partial charge is 0.395 e. The molecule has 0 heterocycles. The topological polar surface area (TPSA) is 52.5 Å². The standard InChI is InChI=1S/C9H13NO2.C2H6/c11-7-9(10-12)6-8-4-2-1-3-5-8;1-2/h1-5,9-12H,6-7H2;1-2H3/t9-;/m0./s1. The van der Waals surface area contributed by atoms with Crippen LogP contribution in [0, 0.1) is 0 Å². The second-order valence-corrected chi connectivity index (χ2v) is 2.70. The second kappa shape index (κ2) is 8.69. The fourth-order valence-electron chi connectivity index (χ4n) is 1.05. The number of hydrogen-bond donors (Lipinski definition) is 3. The Morgan fingerprint density at radius 1 is 1.21 bits per heavy atom. The van der Waals surface area contributed by atoms with Crippen LogP contribution in [0.5, 0.6) is 0 Å². The Kier molecular flexibility index (Phi) is 8.13. The molecule has 0 unspecified atom stereocenters. The molecule has 1 atom stereocenters. The van der Waals surface area contributed by atoms with E-state index < -0.39 is 0 Å². The number of hydroxylamine groups is 1. The Bertz CT molecular complexity index is 210. The Labute approximate surface area is 85.4 Å². The Morgan fingerprint density at radius 2 is 1.79 bits per heavy atom. The lowest BCUT2D eigenvalue weighted by atomic mass is 10.1. The van der Waals surface area contributed by atoms with E-state index >= 15 is 0 Å². The monoisotopic (exact) mass is 197 g/mol. The zero-order valence-electron chi connectivity index (χ0n) is 8.77. The normalized spacial score (nSPS) is 11.4. The summed E-state index contributed by atoms with van der Waals surface area (Å²) in [5, 5.41) is 17.3. The van der Waals surface area contributed by atoms with Crippen LogP contribution in [-0.2, 0) is 6.42 Å². The molecular weight excluding hydrogens is 178 g/mol. The highest BCUT2D eigenvalue weighted by atomic mass is 16.5. The molecule has 0 saturated heterocycles.